The van der Waals surface area contributed by atoms with Gasteiger partial charge in [-0.25, -0.2) is 0 Å². The van der Waals surface area contributed by atoms with Gasteiger partial charge >= 0.3 is 0 Å². The molecule has 0 unspecified atom stereocenters. The average molecular weight is 242 g/mol. The van der Waals surface area contributed by atoms with Crippen molar-refractivity contribution >= 4 is 11.6 Å². The van der Waals surface area contributed by atoms with Gasteiger partial charge in [0.15, 0.2) is 0 Å². The number of fused-ring (bicyclic) bond motifs is 1. The Morgan fingerprint density at radius 3 is 3.06 bits per heavy atom. The summed E-state index contributed by atoms with van der Waals surface area (Å²) in [7, 11) is 1.85. The average Bonchev–Trinajstić information content (AvgIpc) is 2.96. The van der Waals surface area contributed by atoms with Gasteiger partial charge in [-0.05, 0) is 35.9 Å². The summed E-state index contributed by atoms with van der Waals surface area (Å²) in [6.07, 6.45) is 2.76. The fraction of sp³-hybridized carbons (Fsp3) is 0.214. The van der Waals surface area contributed by atoms with E-state index < -0.39 is 0 Å². The molecule has 1 aromatic carbocycles. The van der Waals surface area contributed by atoms with Gasteiger partial charge < -0.3 is 14.6 Å². The van der Waals surface area contributed by atoms with Gasteiger partial charge in [-0.15, -0.1) is 0 Å². The number of carbonyl (C=O) groups excluding carboxylic acids is 1. The number of nitrogens with one attached hydrogen (secondary N) is 1. The summed E-state index contributed by atoms with van der Waals surface area (Å²) in [4.78, 5) is 12.0. The van der Waals surface area contributed by atoms with Crippen LogP contribution in [0.3, 0.4) is 0 Å². The minimum absolute atomic E-state index is 0.0960. The molecule has 2 heterocycles. The number of ether oxygens (including phenoxy) is 1. The molecule has 4 nitrogen and oxygen atoms in total. The zero-order chi connectivity index (χ0) is 12.5. The van der Waals surface area contributed by atoms with E-state index in [0.717, 1.165) is 30.0 Å². The van der Waals surface area contributed by atoms with E-state index in [4.69, 9.17) is 4.74 Å². The number of hydrogen-bond acceptors (Lipinski definition) is 2. The van der Waals surface area contributed by atoms with Crippen LogP contribution in [0.4, 0.5) is 5.69 Å². The summed E-state index contributed by atoms with van der Waals surface area (Å²) in [5, 5.41) is 2.90. The standard InChI is InChI=1S/C14H14N2O2/c1-16-7-2-3-12(16)14(17)15-11-4-5-13-10(9-11)6-8-18-13/h2-5,7,9H,6,8H2,1H3,(H,15,17). The van der Waals surface area contributed by atoms with Crippen LogP contribution in [0.15, 0.2) is 36.5 Å². The van der Waals surface area contributed by atoms with E-state index in [9.17, 15) is 4.79 Å². The lowest BCUT2D eigenvalue weighted by Crippen LogP contribution is -2.15. The number of rotatable bonds is 2. The highest BCUT2D eigenvalue weighted by Crippen LogP contribution is 2.27. The quantitative estimate of drug-likeness (QED) is 0.877. The highest BCUT2D eigenvalue weighted by atomic mass is 16.5. The molecule has 92 valence electrons. The topological polar surface area (TPSA) is 43.3 Å². The Kier molecular flexibility index (Phi) is 2.55. The molecule has 0 radical (unpaired) electrons. The zero-order valence-electron chi connectivity index (χ0n) is 10.1. The fourth-order valence-electron chi connectivity index (χ4n) is 2.16. The van der Waals surface area contributed by atoms with Gasteiger partial charge in [0.25, 0.3) is 5.91 Å². The van der Waals surface area contributed by atoms with E-state index in [0.29, 0.717) is 5.69 Å². The van der Waals surface area contributed by atoms with Crippen LogP contribution in [0.5, 0.6) is 5.75 Å². The number of aromatic nitrogens is 1. The van der Waals surface area contributed by atoms with Gasteiger partial charge in [-0.3, -0.25) is 4.79 Å². The molecule has 0 saturated heterocycles. The Balaban J connectivity index is 1.81. The lowest BCUT2D eigenvalue weighted by atomic mass is 10.1. The first-order chi connectivity index (χ1) is 8.74. The Hall–Kier alpha value is -2.23. The van der Waals surface area contributed by atoms with Crippen molar-refractivity contribution in [2.45, 2.75) is 6.42 Å². The first-order valence-electron chi connectivity index (χ1n) is 5.92. The Morgan fingerprint density at radius 1 is 1.39 bits per heavy atom. The van der Waals surface area contributed by atoms with Crippen molar-refractivity contribution < 1.29 is 9.53 Å². The van der Waals surface area contributed by atoms with Crippen LogP contribution < -0.4 is 10.1 Å². The molecule has 0 spiro atoms. The second-order valence-electron chi connectivity index (χ2n) is 4.38. The number of aryl methyl sites for hydroxylation is 1. The highest BCUT2D eigenvalue weighted by molar-refractivity contribution is 6.03. The molecule has 1 N–H and O–H groups in total. The van der Waals surface area contributed by atoms with Crippen molar-refractivity contribution in [3.05, 3.63) is 47.8 Å². The van der Waals surface area contributed by atoms with Gasteiger partial charge in [-0.2, -0.15) is 0 Å². The molecule has 0 atom stereocenters. The SMILES string of the molecule is Cn1cccc1C(=O)Nc1ccc2c(c1)CCO2. The lowest BCUT2D eigenvalue weighted by molar-refractivity contribution is 0.101. The number of nitrogens with zero attached hydrogens (tertiary/aromatic N) is 1. The Morgan fingerprint density at radius 2 is 2.28 bits per heavy atom. The fourth-order valence-corrected chi connectivity index (χ4v) is 2.16. The minimum atomic E-state index is -0.0960. The third-order valence-electron chi connectivity index (χ3n) is 3.12. The molecule has 0 bridgehead atoms. The van der Waals surface area contributed by atoms with Crippen molar-refractivity contribution in [3.63, 3.8) is 0 Å². The van der Waals surface area contributed by atoms with Gasteiger partial charge in [-0.1, -0.05) is 0 Å². The normalized spacial score (nSPS) is 12.9. The molecule has 3 rings (SSSR count). The Bertz CT molecular complexity index is 602. The zero-order valence-corrected chi connectivity index (χ0v) is 10.1. The second-order valence-corrected chi connectivity index (χ2v) is 4.38. The van der Waals surface area contributed by atoms with Gasteiger partial charge in [0.1, 0.15) is 11.4 Å². The van der Waals surface area contributed by atoms with Gasteiger partial charge in [0.2, 0.25) is 0 Å². The van der Waals surface area contributed by atoms with Crippen molar-refractivity contribution in [1.29, 1.82) is 0 Å². The van der Waals surface area contributed by atoms with Crippen LogP contribution >= 0.6 is 0 Å². The number of carbonyl (C=O) groups is 1. The molecule has 18 heavy (non-hydrogen) atoms. The molecule has 1 aliphatic heterocycles. The molecule has 0 fully saturated rings. The summed E-state index contributed by atoms with van der Waals surface area (Å²) in [6, 6.07) is 9.40. The number of amides is 1. The van der Waals surface area contributed by atoms with Gasteiger partial charge in [0, 0.05) is 25.4 Å². The number of anilines is 1. The summed E-state index contributed by atoms with van der Waals surface area (Å²) in [5.74, 6) is 0.827. The van der Waals surface area contributed by atoms with Crippen LogP contribution in [0, 0.1) is 0 Å². The highest BCUT2D eigenvalue weighted by Gasteiger charge is 2.14. The third kappa shape index (κ3) is 1.86. The molecule has 1 aliphatic rings. The van der Waals surface area contributed by atoms with Crippen LogP contribution in [-0.2, 0) is 13.5 Å². The van der Waals surface area contributed by atoms with Crippen molar-refractivity contribution in [2.75, 3.05) is 11.9 Å². The van der Waals surface area contributed by atoms with Crippen molar-refractivity contribution in [1.82, 2.24) is 4.57 Å². The minimum Gasteiger partial charge on any atom is -0.493 e. The molecule has 4 heteroatoms. The van der Waals surface area contributed by atoms with E-state index >= 15 is 0 Å². The largest absolute Gasteiger partial charge is 0.493 e. The summed E-state index contributed by atoms with van der Waals surface area (Å²) in [6.45, 7) is 0.727. The summed E-state index contributed by atoms with van der Waals surface area (Å²) < 4.78 is 7.23. The van der Waals surface area contributed by atoms with Crippen LogP contribution in [0.2, 0.25) is 0 Å². The van der Waals surface area contributed by atoms with Crippen LogP contribution in [0.1, 0.15) is 16.1 Å². The summed E-state index contributed by atoms with van der Waals surface area (Å²) in [5.41, 5.74) is 2.61. The first kappa shape index (κ1) is 10.9. The maximum absolute atomic E-state index is 12.0. The molecular formula is C14H14N2O2. The van der Waals surface area contributed by atoms with E-state index in [1.807, 2.05) is 37.5 Å². The van der Waals surface area contributed by atoms with Gasteiger partial charge in [0.05, 0.1) is 6.61 Å². The van der Waals surface area contributed by atoms with E-state index in [2.05, 4.69) is 5.32 Å². The van der Waals surface area contributed by atoms with Crippen LogP contribution in [-0.4, -0.2) is 17.1 Å². The third-order valence-corrected chi connectivity index (χ3v) is 3.12. The van der Waals surface area contributed by atoms with E-state index in [-0.39, 0.29) is 5.91 Å². The number of hydrogen-bond donors (Lipinski definition) is 1. The predicted octanol–water partition coefficient (Wildman–Crippen LogP) is 2.21. The van der Waals surface area contributed by atoms with Crippen LogP contribution in [0.25, 0.3) is 0 Å². The smallest absolute Gasteiger partial charge is 0.272 e. The molecule has 1 aromatic heterocycles. The Labute approximate surface area is 105 Å². The second kappa shape index (κ2) is 4.22. The molecule has 0 saturated carbocycles. The molecular weight excluding hydrogens is 228 g/mol. The predicted molar refractivity (Wildman–Crippen MR) is 69.0 cm³/mol. The molecule has 2 aromatic rings. The van der Waals surface area contributed by atoms with Crippen molar-refractivity contribution in [2.24, 2.45) is 7.05 Å². The maximum atomic E-state index is 12.0. The molecule has 0 aliphatic carbocycles. The van der Waals surface area contributed by atoms with Crippen molar-refractivity contribution in [3.8, 4) is 5.75 Å². The maximum Gasteiger partial charge on any atom is 0.272 e. The summed E-state index contributed by atoms with van der Waals surface area (Å²) >= 11 is 0. The lowest BCUT2D eigenvalue weighted by Gasteiger charge is -2.07. The number of benzene rings is 1. The van der Waals surface area contributed by atoms with E-state index in [1.165, 1.54) is 0 Å². The van der Waals surface area contributed by atoms with E-state index in [1.54, 1.807) is 10.6 Å². The first-order valence-corrected chi connectivity index (χ1v) is 5.92. The molecule has 1 amide bonds. The monoisotopic (exact) mass is 242 g/mol.